The molecule has 10 nitrogen and oxygen atoms in total. The van der Waals surface area contributed by atoms with Crippen LogP contribution in [0.3, 0.4) is 0 Å². The monoisotopic (exact) mass is 593 g/mol. The highest BCUT2D eigenvalue weighted by Gasteiger charge is 2.69. The number of amides is 1. The number of ketones is 4. The average molecular weight is 594 g/mol. The Morgan fingerprint density at radius 3 is 2.37 bits per heavy atom. The van der Waals surface area contributed by atoms with Gasteiger partial charge in [0.1, 0.15) is 11.6 Å². The van der Waals surface area contributed by atoms with Crippen LogP contribution in [-0.4, -0.2) is 87.9 Å². The predicted molar refractivity (Wildman–Crippen MR) is 153 cm³/mol. The topological polar surface area (TPSA) is 158 Å². The van der Waals surface area contributed by atoms with E-state index in [1.807, 2.05) is 25.8 Å². The molecule has 43 heavy (non-hydrogen) atoms. The zero-order valence-corrected chi connectivity index (χ0v) is 24.8. The van der Waals surface area contributed by atoms with Crippen molar-refractivity contribution in [1.82, 2.24) is 9.80 Å². The summed E-state index contributed by atoms with van der Waals surface area (Å²) in [6, 6.07) is 6.60. The molecular formula is C32H36FN3O7. The number of phenolic OH excluding ortho intramolecular Hbond substituents is 1. The molecular weight excluding hydrogens is 557 g/mol. The van der Waals surface area contributed by atoms with Gasteiger partial charge in [-0.25, -0.2) is 4.39 Å². The van der Waals surface area contributed by atoms with E-state index in [1.165, 1.54) is 31.1 Å². The highest BCUT2D eigenvalue weighted by atomic mass is 19.1. The maximum absolute atomic E-state index is 14.8. The van der Waals surface area contributed by atoms with E-state index in [-0.39, 0.29) is 36.0 Å². The van der Waals surface area contributed by atoms with Crippen molar-refractivity contribution in [3.05, 3.63) is 52.8 Å². The first kappa shape index (κ1) is 30.7. The lowest BCUT2D eigenvalue weighted by Gasteiger charge is -2.52. The van der Waals surface area contributed by atoms with Gasteiger partial charge in [-0.2, -0.15) is 0 Å². The van der Waals surface area contributed by atoms with Crippen LogP contribution in [0.15, 0.2) is 30.3 Å². The van der Waals surface area contributed by atoms with Gasteiger partial charge < -0.3 is 15.9 Å². The summed E-state index contributed by atoms with van der Waals surface area (Å²) in [6.07, 6.45) is 0.0705. The van der Waals surface area contributed by atoms with Crippen molar-refractivity contribution in [1.29, 1.82) is 0 Å². The van der Waals surface area contributed by atoms with Crippen molar-refractivity contribution in [2.75, 3.05) is 21.1 Å². The summed E-state index contributed by atoms with van der Waals surface area (Å²) in [5, 5.41) is 22.5. The second kappa shape index (κ2) is 10.7. The largest absolute Gasteiger partial charge is 0.507 e. The first-order chi connectivity index (χ1) is 20.1. The molecule has 0 heterocycles. The summed E-state index contributed by atoms with van der Waals surface area (Å²) < 4.78 is 14.8. The van der Waals surface area contributed by atoms with Gasteiger partial charge in [0.25, 0.3) is 0 Å². The molecule has 2 unspecified atom stereocenters. The summed E-state index contributed by atoms with van der Waals surface area (Å²) in [7, 11) is 4.95. The Morgan fingerprint density at radius 2 is 1.77 bits per heavy atom. The molecule has 4 N–H and O–H groups in total. The fourth-order valence-electron chi connectivity index (χ4n) is 7.19. The maximum atomic E-state index is 14.8. The number of Topliss-reactive ketones (excluding diaryl/α,β-unsaturated/α-hetero) is 4. The van der Waals surface area contributed by atoms with Crippen molar-refractivity contribution < 1.29 is 38.6 Å². The van der Waals surface area contributed by atoms with E-state index in [0.717, 1.165) is 0 Å². The number of phenols is 1. The van der Waals surface area contributed by atoms with Crippen LogP contribution in [-0.2, 0) is 32.1 Å². The van der Waals surface area contributed by atoms with Gasteiger partial charge in [-0.05, 0) is 88.6 Å². The quantitative estimate of drug-likeness (QED) is 0.422. The Balaban J connectivity index is 1.62. The molecule has 3 aliphatic carbocycles. The van der Waals surface area contributed by atoms with Crippen molar-refractivity contribution in [2.24, 2.45) is 29.4 Å². The molecule has 5 rings (SSSR count). The molecule has 6 atom stereocenters. The van der Waals surface area contributed by atoms with Crippen molar-refractivity contribution in [3.63, 3.8) is 0 Å². The van der Waals surface area contributed by atoms with Crippen LogP contribution in [0.25, 0.3) is 11.1 Å². The normalized spacial score (nSPS) is 28.7. The van der Waals surface area contributed by atoms with Crippen LogP contribution in [0.1, 0.15) is 41.8 Å². The van der Waals surface area contributed by atoms with E-state index in [1.54, 1.807) is 18.2 Å². The summed E-state index contributed by atoms with van der Waals surface area (Å²) in [5.74, 6) is -11.4. The third-order valence-corrected chi connectivity index (χ3v) is 9.60. The van der Waals surface area contributed by atoms with E-state index in [9.17, 15) is 38.6 Å². The molecule has 2 fully saturated rings. The highest BCUT2D eigenvalue weighted by molar-refractivity contribution is 6.32. The predicted octanol–water partition coefficient (Wildman–Crippen LogP) is 1.51. The molecule has 0 aliphatic heterocycles. The third-order valence-electron chi connectivity index (χ3n) is 9.60. The van der Waals surface area contributed by atoms with E-state index in [2.05, 4.69) is 0 Å². The maximum Gasteiger partial charge on any atom is 0.235 e. The number of carbonyl (C=O) groups is 5. The number of primary amides is 1. The number of halogens is 1. The first-order valence-corrected chi connectivity index (χ1v) is 14.3. The standard InChI is InChI=1S/C32H36FN3O7/c1-14(2)36(5)13-17-10-15(6-8-21(17)33)18-7-9-22(37)24-19(18)11-16-12-20-26(35(3)4)28(39)25(31(34)42)30(41)32(20,43)29(40)23(16)27(24)38/h6-10,14,16,20,23,25-26,37,43H,11-13H2,1-5H3,(H2,34,42)/t16-,20-,23?,25?,26-,32-/m0/s1. The molecule has 2 aromatic carbocycles. The lowest BCUT2D eigenvalue weighted by molar-refractivity contribution is -0.181. The smallest absolute Gasteiger partial charge is 0.235 e. The Hall–Kier alpha value is -3.80. The minimum atomic E-state index is -2.78. The van der Waals surface area contributed by atoms with Gasteiger partial charge in [0.2, 0.25) is 5.91 Å². The first-order valence-electron chi connectivity index (χ1n) is 14.3. The molecule has 0 radical (unpaired) electrons. The molecule has 0 spiro atoms. The number of rotatable bonds is 6. The number of fused-ring (bicyclic) bond motifs is 3. The number of benzene rings is 2. The van der Waals surface area contributed by atoms with Crippen LogP contribution < -0.4 is 5.73 Å². The molecule has 228 valence electrons. The Labute approximate surface area is 248 Å². The molecule has 1 amide bonds. The Morgan fingerprint density at radius 1 is 1.09 bits per heavy atom. The number of aliphatic hydroxyl groups is 1. The minimum Gasteiger partial charge on any atom is -0.507 e. The second-order valence-corrected chi connectivity index (χ2v) is 12.6. The third kappa shape index (κ3) is 4.61. The van der Waals surface area contributed by atoms with Gasteiger partial charge in [0, 0.05) is 24.1 Å². The molecule has 3 aliphatic rings. The number of hydrogen-bond donors (Lipinski definition) is 3. The fourth-order valence-corrected chi connectivity index (χ4v) is 7.19. The summed E-state index contributed by atoms with van der Waals surface area (Å²) >= 11 is 0. The van der Waals surface area contributed by atoms with Gasteiger partial charge in [-0.3, -0.25) is 33.8 Å². The number of hydrogen-bond acceptors (Lipinski definition) is 9. The van der Waals surface area contributed by atoms with E-state index < -0.39 is 64.4 Å². The average Bonchev–Trinajstić information content (AvgIpc) is 2.91. The second-order valence-electron chi connectivity index (χ2n) is 12.6. The lowest BCUT2D eigenvalue weighted by Crippen LogP contribution is -2.74. The Bertz CT molecular complexity index is 1570. The van der Waals surface area contributed by atoms with Gasteiger partial charge >= 0.3 is 0 Å². The van der Waals surface area contributed by atoms with Crippen LogP contribution in [0, 0.1) is 29.5 Å². The van der Waals surface area contributed by atoms with Gasteiger partial charge in [0.15, 0.2) is 34.7 Å². The molecule has 2 aromatic rings. The van der Waals surface area contributed by atoms with Crippen molar-refractivity contribution in [3.8, 4) is 16.9 Å². The van der Waals surface area contributed by atoms with Crippen LogP contribution in [0.2, 0.25) is 0 Å². The molecule has 0 aromatic heterocycles. The van der Waals surface area contributed by atoms with Crippen molar-refractivity contribution >= 4 is 29.0 Å². The number of aromatic hydroxyl groups is 1. The van der Waals surface area contributed by atoms with Crippen LogP contribution in [0.4, 0.5) is 4.39 Å². The molecule has 11 heteroatoms. The molecule has 2 saturated carbocycles. The summed E-state index contributed by atoms with van der Waals surface area (Å²) in [5.41, 5.74) is 4.59. The van der Waals surface area contributed by atoms with Gasteiger partial charge in [-0.1, -0.05) is 12.1 Å². The van der Waals surface area contributed by atoms with Gasteiger partial charge in [-0.15, -0.1) is 0 Å². The number of nitrogens with zero attached hydrogens (tertiary/aromatic N) is 2. The Kier molecular flexibility index (Phi) is 7.65. The van der Waals surface area contributed by atoms with Gasteiger partial charge in [0.05, 0.1) is 17.5 Å². The van der Waals surface area contributed by atoms with E-state index >= 15 is 0 Å². The zero-order chi connectivity index (χ0) is 31.7. The molecule has 0 saturated heterocycles. The summed E-state index contributed by atoms with van der Waals surface area (Å²) in [6.45, 7) is 4.33. The lowest BCUT2D eigenvalue weighted by atomic mass is 9.52. The van der Waals surface area contributed by atoms with E-state index in [4.69, 9.17) is 5.73 Å². The van der Waals surface area contributed by atoms with E-state index in [0.29, 0.717) is 28.8 Å². The van der Waals surface area contributed by atoms with Crippen LogP contribution in [0.5, 0.6) is 5.75 Å². The zero-order valence-electron chi connectivity index (χ0n) is 24.8. The number of nitrogens with two attached hydrogens (primary N) is 1. The highest BCUT2D eigenvalue weighted by Crippen LogP contribution is 2.51. The number of likely N-dealkylation sites (N-methyl/N-ethyl adjacent to an activating group) is 1. The molecule has 0 bridgehead atoms. The summed E-state index contributed by atoms with van der Waals surface area (Å²) in [4.78, 5) is 70.3. The minimum absolute atomic E-state index is 0.0488. The van der Waals surface area contributed by atoms with Crippen molar-refractivity contribution in [2.45, 2.75) is 50.9 Å². The SMILES string of the molecule is CC(C)N(C)Cc1cc(-c2ccc(O)c3c2C[C@H]2C[C@H]4[C@H](N(C)C)C(=O)C(C(N)=O)C(=O)[C@@]4(O)C(=O)C2C3=O)ccc1F. The van der Waals surface area contributed by atoms with Crippen LogP contribution >= 0.6 is 0 Å². The fraction of sp³-hybridized carbons (Fsp3) is 0.469. The number of carbonyl (C=O) groups excluding carboxylic acids is 5.